The van der Waals surface area contributed by atoms with Crippen LogP contribution in [-0.2, 0) is 11.2 Å². The Morgan fingerprint density at radius 3 is 2.23 bits per heavy atom. The second kappa shape index (κ2) is 9.17. The van der Waals surface area contributed by atoms with Gasteiger partial charge in [0.15, 0.2) is 5.76 Å². The van der Waals surface area contributed by atoms with E-state index in [1.807, 2.05) is 30.3 Å². The molecule has 6 heteroatoms. The van der Waals surface area contributed by atoms with Crippen molar-refractivity contribution in [2.24, 2.45) is 0 Å². The van der Waals surface area contributed by atoms with Gasteiger partial charge >= 0.3 is 5.97 Å². The molecule has 6 nitrogen and oxygen atoms in total. The number of methoxy groups -OCH3 is 1. The van der Waals surface area contributed by atoms with Gasteiger partial charge in [-0.25, -0.2) is 14.8 Å². The molecule has 0 saturated heterocycles. The third-order valence-corrected chi connectivity index (χ3v) is 4.89. The van der Waals surface area contributed by atoms with Gasteiger partial charge < -0.3 is 9.15 Å². The van der Waals surface area contributed by atoms with Crippen LogP contribution in [0, 0.1) is 0 Å². The Hall–Kier alpha value is -4.06. The first kappa shape index (κ1) is 20.2. The fourth-order valence-electron chi connectivity index (χ4n) is 3.16. The summed E-state index contributed by atoms with van der Waals surface area (Å²) >= 11 is 0. The smallest absolute Gasteiger partial charge is 0.356 e. The number of esters is 1. The number of pyridine rings is 1. The van der Waals surface area contributed by atoms with Crippen molar-refractivity contribution < 1.29 is 18.7 Å². The number of aryl methyl sites for hydroxylation is 1. The predicted molar refractivity (Wildman–Crippen MR) is 116 cm³/mol. The number of Topliss-reactive ketones (excluding diaryl/α,β-unsaturated/α-hetero) is 1. The number of hydrogen-bond donors (Lipinski definition) is 0. The van der Waals surface area contributed by atoms with Gasteiger partial charge in [-0.15, -0.1) is 0 Å². The maximum atomic E-state index is 12.5. The van der Waals surface area contributed by atoms with E-state index in [9.17, 15) is 9.59 Å². The Bertz CT molecular complexity index is 1180. The number of oxazole rings is 1. The number of benzene rings is 2. The lowest BCUT2D eigenvalue weighted by Crippen LogP contribution is -2.03. The number of carbonyl (C=O) groups is 2. The van der Waals surface area contributed by atoms with Gasteiger partial charge in [-0.3, -0.25) is 4.79 Å². The van der Waals surface area contributed by atoms with Crippen molar-refractivity contribution in [1.82, 2.24) is 9.97 Å². The van der Waals surface area contributed by atoms with Crippen molar-refractivity contribution in [1.29, 1.82) is 0 Å². The molecule has 0 amide bonds. The molecular formula is C25H20N2O4. The van der Waals surface area contributed by atoms with Crippen molar-refractivity contribution in [3.8, 4) is 22.5 Å². The van der Waals surface area contributed by atoms with E-state index in [1.165, 1.54) is 25.6 Å². The van der Waals surface area contributed by atoms with E-state index in [4.69, 9.17) is 4.42 Å². The molecule has 4 rings (SSSR count). The van der Waals surface area contributed by atoms with Crippen LogP contribution in [0.3, 0.4) is 0 Å². The lowest BCUT2D eigenvalue weighted by atomic mass is 10.0. The van der Waals surface area contributed by atoms with Gasteiger partial charge in [0.05, 0.1) is 13.3 Å². The molecule has 0 aliphatic heterocycles. The zero-order chi connectivity index (χ0) is 21.6. The number of aromatic nitrogens is 2. The van der Waals surface area contributed by atoms with Gasteiger partial charge in [0, 0.05) is 18.2 Å². The molecule has 2 aromatic heterocycles. The molecule has 2 aromatic carbocycles. The first-order valence-corrected chi connectivity index (χ1v) is 9.82. The van der Waals surface area contributed by atoms with Gasteiger partial charge in [0.2, 0.25) is 5.78 Å². The van der Waals surface area contributed by atoms with Crippen molar-refractivity contribution in [3.05, 3.63) is 96.3 Å². The molecule has 0 atom stereocenters. The van der Waals surface area contributed by atoms with Crippen LogP contribution in [0.1, 0.15) is 33.2 Å². The lowest BCUT2D eigenvalue weighted by molar-refractivity contribution is 0.0594. The lowest BCUT2D eigenvalue weighted by Gasteiger charge is -2.04. The minimum Gasteiger partial charge on any atom is -0.464 e. The molecule has 0 aliphatic rings. The zero-order valence-corrected chi connectivity index (χ0v) is 16.9. The topological polar surface area (TPSA) is 82.3 Å². The predicted octanol–water partition coefficient (Wildman–Crippen LogP) is 5.01. The molecule has 31 heavy (non-hydrogen) atoms. The largest absolute Gasteiger partial charge is 0.464 e. The Balaban J connectivity index is 1.37. The first-order chi connectivity index (χ1) is 15.1. The minimum absolute atomic E-state index is 0.0629. The average molecular weight is 412 g/mol. The fraction of sp³-hybridized carbons (Fsp3) is 0.120. The highest BCUT2D eigenvalue weighted by atomic mass is 16.5. The van der Waals surface area contributed by atoms with E-state index in [2.05, 4.69) is 39.0 Å². The van der Waals surface area contributed by atoms with E-state index in [0.717, 1.165) is 16.7 Å². The summed E-state index contributed by atoms with van der Waals surface area (Å²) in [6, 6.07) is 21.5. The van der Waals surface area contributed by atoms with Crippen molar-refractivity contribution >= 4 is 11.8 Å². The number of rotatable bonds is 7. The molecule has 0 N–H and O–H groups in total. The Morgan fingerprint density at radius 2 is 1.55 bits per heavy atom. The van der Waals surface area contributed by atoms with Gasteiger partial charge in [-0.1, -0.05) is 54.6 Å². The van der Waals surface area contributed by atoms with Gasteiger partial charge in [0.1, 0.15) is 5.69 Å². The maximum absolute atomic E-state index is 12.5. The standard InChI is InChI=1S/C25H20N2O4/c1-30-25(29)21-13-12-20(15-26-21)23-16-27-24(31-23)22(28)14-9-17-7-10-19(11-8-17)18-5-3-2-4-6-18/h2-8,10-13,15-16H,9,14H2,1H3. The van der Waals surface area contributed by atoms with Crippen molar-refractivity contribution in [2.75, 3.05) is 7.11 Å². The van der Waals surface area contributed by atoms with E-state index in [0.29, 0.717) is 24.2 Å². The van der Waals surface area contributed by atoms with Gasteiger partial charge in [0.25, 0.3) is 5.89 Å². The van der Waals surface area contributed by atoms with Crippen LogP contribution in [0.15, 0.2) is 83.5 Å². The van der Waals surface area contributed by atoms with Gasteiger partial charge in [-0.2, -0.15) is 0 Å². The van der Waals surface area contributed by atoms with Crippen molar-refractivity contribution in [3.63, 3.8) is 0 Å². The number of carbonyl (C=O) groups excluding carboxylic acids is 2. The second-order valence-corrected chi connectivity index (χ2v) is 6.94. The molecular weight excluding hydrogens is 392 g/mol. The summed E-state index contributed by atoms with van der Waals surface area (Å²) in [6.07, 6.45) is 3.86. The quantitative estimate of drug-likeness (QED) is 0.314. The van der Waals surface area contributed by atoms with E-state index in [1.54, 1.807) is 6.07 Å². The van der Waals surface area contributed by atoms with Crippen molar-refractivity contribution in [2.45, 2.75) is 12.8 Å². The zero-order valence-electron chi connectivity index (χ0n) is 16.9. The van der Waals surface area contributed by atoms with Crippen LogP contribution in [-0.4, -0.2) is 28.8 Å². The molecule has 0 aliphatic carbocycles. The second-order valence-electron chi connectivity index (χ2n) is 6.94. The third kappa shape index (κ3) is 4.75. The fourth-order valence-corrected chi connectivity index (χ4v) is 3.16. The first-order valence-electron chi connectivity index (χ1n) is 9.82. The summed E-state index contributed by atoms with van der Waals surface area (Å²) in [5.41, 5.74) is 4.19. The third-order valence-electron chi connectivity index (χ3n) is 4.89. The van der Waals surface area contributed by atoms with Crippen LogP contribution in [0.2, 0.25) is 0 Å². The van der Waals surface area contributed by atoms with E-state index < -0.39 is 5.97 Å². The molecule has 154 valence electrons. The number of hydrogen-bond acceptors (Lipinski definition) is 6. The normalized spacial score (nSPS) is 10.6. The number of nitrogens with zero attached hydrogens (tertiary/aromatic N) is 2. The van der Waals surface area contributed by atoms with Crippen LogP contribution in [0.4, 0.5) is 0 Å². The average Bonchev–Trinajstić information content (AvgIpc) is 3.33. The maximum Gasteiger partial charge on any atom is 0.356 e. The minimum atomic E-state index is -0.517. The highest BCUT2D eigenvalue weighted by molar-refractivity contribution is 5.92. The van der Waals surface area contributed by atoms with Crippen LogP contribution < -0.4 is 0 Å². The van der Waals surface area contributed by atoms with E-state index >= 15 is 0 Å². The summed E-state index contributed by atoms with van der Waals surface area (Å²) in [5, 5.41) is 0. The summed E-state index contributed by atoms with van der Waals surface area (Å²) < 4.78 is 10.2. The summed E-state index contributed by atoms with van der Waals surface area (Å²) in [5.74, 6) is -0.207. The van der Waals surface area contributed by atoms with Crippen LogP contribution in [0.5, 0.6) is 0 Å². The molecule has 0 radical (unpaired) electrons. The highest BCUT2D eigenvalue weighted by Gasteiger charge is 2.15. The SMILES string of the molecule is COC(=O)c1ccc(-c2cnc(C(=O)CCc3ccc(-c4ccccc4)cc3)o2)cn1. The Labute approximate surface area is 179 Å². The molecule has 2 heterocycles. The molecule has 0 unspecified atom stereocenters. The Morgan fingerprint density at radius 1 is 0.839 bits per heavy atom. The van der Waals surface area contributed by atoms with E-state index in [-0.39, 0.29) is 17.4 Å². The Kier molecular flexibility index (Phi) is 5.98. The molecule has 0 bridgehead atoms. The van der Waals surface area contributed by atoms with Crippen LogP contribution >= 0.6 is 0 Å². The molecule has 4 aromatic rings. The summed E-state index contributed by atoms with van der Waals surface area (Å²) in [7, 11) is 1.30. The molecule has 0 spiro atoms. The number of ketones is 1. The van der Waals surface area contributed by atoms with Crippen LogP contribution in [0.25, 0.3) is 22.5 Å². The molecule has 0 fully saturated rings. The monoisotopic (exact) mass is 412 g/mol. The summed E-state index contributed by atoms with van der Waals surface area (Å²) in [6.45, 7) is 0. The summed E-state index contributed by atoms with van der Waals surface area (Å²) in [4.78, 5) is 32.1. The number of ether oxygens (including phenoxy) is 1. The highest BCUT2D eigenvalue weighted by Crippen LogP contribution is 2.22. The van der Waals surface area contributed by atoms with Gasteiger partial charge in [-0.05, 0) is 35.2 Å². The molecule has 0 saturated carbocycles.